The molecule has 136 valence electrons. The van der Waals surface area contributed by atoms with E-state index in [1.54, 1.807) is 7.05 Å². The van der Waals surface area contributed by atoms with Crippen molar-refractivity contribution in [1.29, 1.82) is 0 Å². The summed E-state index contributed by atoms with van der Waals surface area (Å²) in [6, 6.07) is 9.56. The Balaban J connectivity index is 1.70. The molecule has 1 aliphatic rings. The molecule has 7 heteroatoms. The van der Waals surface area contributed by atoms with E-state index >= 15 is 0 Å². The number of aliphatic hydroxyl groups excluding tert-OH is 1. The van der Waals surface area contributed by atoms with E-state index < -0.39 is 10.2 Å². The highest BCUT2D eigenvalue weighted by atomic mass is 32.2. The van der Waals surface area contributed by atoms with Crippen LogP contribution >= 0.6 is 0 Å². The number of piperidine rings is 1. The molecule has 0 aliphatic carbocycles. The van der Waals surface area contributed by atoms with Crippen molar-refractivity contribution in [3.63, 3.8) is 0 Å². The first-order valence-electron chi connectivity index (χ1n) is 8.59. The van der Waals surface area contributed by atoms with Crippen molar-refractivity contribution in [1.82, 2.24) is 13.9 Å². The fourth-order valence-electron chi connectivity index (χ4n) is 3.04. The highest BCUT2D eigenvalue weighted by molar-refractivity contribution is 7.87. The Labute approximate surface area is 145 Å². The molecule has 1 heterocycles. The van der Waals surface area contributed by atoms with Crippen LogP contribution in [-0.4, -0.2) is 62.6 Å². The summed E-state index contributed by atoms with van der Waals surface area (Å²) in [4.78, 5) is 2.31. The van der Waals surface area contributed by atoms with Crippen LogP contribution in [0.2, 0.25) is 0 Å². The largest absolute Gasteiger partial charge is 0.396 e. The van der Waals surface area contributed by atoms with E-state index in [2.05, 4.69) is 9.62 Å². The van der Waals surface area contributed by atoms with Crippen molar-refractivity contribution in [2.45, 2.75) is 25.8 Å². The Kier molecular flexibility index (Phi) is 7.64. The Hall–Kier alpha value is -0.990. The molecule has 0 saturated carbocycles. The molecule has 1 aromatic carbocycles. The van der Waals surface area contributed by atoms with Crippen LogP contribution in [0.15, 0.2) is 30.3 Å². The third kappa shape index (κ3) is 6.14. The fourth-order valence-corrected chi connectivity index (χ4v) is 3.98. The monoisotopic (exact) mass is 355 g/mol. The number of likely N-dealkylation sites (tertiary alicyclic amines) is 1. The normalized spacial score (nSPS) is 19.7. The first kappa shape index (κ1) is 19.3. The topological polar surface area (TPSA) is 72.9 Å². The van der Waals surface area contributed by atoms with Crippen LogP contribution < -0.4 is 4.72 Å². The number of nitrogens with one attached hydrogen (secondary N) is 1. The third-order valence-electron chi connectivity index (χ3n) is 4.46. The first-order valence-corrected chi connectivity index (χ1v) is 10.0. The average molecular weight is 356 g/mol. The number of hydrogen-bond acceptors (Lipinski definition) is 4. The molecular formula is C17H29N3O3S. The van der Waals surface area contributed by atoms with Gasteiger partial charge in [0.2, 0.25) is 0 Å². The van der Waals surface area contributed by atoms with Crippen LogP contribution in [-0.2, 0) is 16.8 Å². The van der Waals surface area contributed by atoms with Gasteiger partial charge in [-0.2, -0.15) is 12.7 Å². The minimum atomic E-state index is -3.45. The van der Waals surface area contributed by atoms with E-state index in [4.69, 9.17) is 0 Å². The predicted octanol–water partition coefficient (Wildman–Crippen LogP) is 1.05. The maximum absolute atomic E-state index is 12.3. The first-order chi connectivity index (χ1) is 11.5. The van der Waals surface area contributed by atoms with Gasteiger partial charge < -0.3 is 10.0 Å². The van der Waals surface area contributed by atoms with Gasteiger partial charge in [-0.15, -0.1) is 0 Å². The standard InChI is InChI=1S/C17H29N3O3S/c1-19(13-16-7-3-2-4-8-16)24(22,23)18-10-6-12-20-11-5-9-17(14-20)15-21/h2-4,7-8,17-18,21H,5-6,9-15H2,1H3. The van der Waals surface area contributed by atoms with E-state index in [0.717, 1.165) is 44.5 Å². The summed E-state index contributed by atoms with van der Waals surface area (Å²) in [7, 11) is -1.86. The number of aliphatic hydroxyl groups is 1. The van der Waals surface area contributed by atoms with Gasteiger partial charge in [-0.25, -0.2) is 4.72 Å². The molecule has 24 heavy (non-hydrogen) atoms. The van der Waals surface area contributed by atoms with Crippen LogP contribution in [0.1, 0.15) is 24.8 Å². The lowest BCUT2D eigenvalue weighted by Crippen LogP contribution is -2.41. The minimum absolute atomic E-state index is 0.243. The molecule has 2 N–H and O–H groups in total. The van der Waals surface area contributed by atoms with Crippen molar-refractivity contribution in [3.8, 4) is 0 Å². The molecule has 0 bridgehead atoms. The average Bonchev–Trinajstić information content (AvgIpc) is 2.60. The van der Waals surface area contributed by atoms with Crippen LogP contribution in [0.5, 0.6) is 0 Å². The SMILES string of the molecule is CN(Cc1ccccc1)S(=O)(=O)NCCCN1CCCC(CO)C1. The molecule has 1 saturated heterocycles. The van der Waals surface area contributed by atoms with E-state index in [9.17, 15) is 13.5 Å². The van der Waals surface area contributed by atoms with Crippen LogP contribution in [0.3, 0.4) is 0 Å². The maximum Gasteiger partial charge on any atom is 0.279 e. The van der Waals surface area contributed by atoms with E-state index in [1.807, 2.05) is 30.3 Å². The predicted molar refractivity (Wildman–Crippen MR) is 95.7 cm³/mol. The Morgan fingerprint density at radius 1 is 1.33 bits per heavy atom. The smallest absolute Gasteiger partial charge is 0.279 e. The number of hydrogen-bond donors (Lipinski definition) is 2. The zero-order chi connectivity index (χ0) is 17.4. The molecule has 0 spiro atoms. The van der Waals surface area contributed by atoms with Gasteiger partial charge in [0.25, 0.3) is 10.2 Å². The summed E-state index contributed by atoms with van der Waals surface area (Å²) in [6.45, 7) is 3.85. The highest BCUT2D eigenvalue weighted by Gasteiger charge is 2.20. The summed E-state index contributed by atoms with van der Waals surface area (Å²) in [5.41, 5.74) is 0.966. The molecule has 1 aliphatic heterocycles. The van der Waals surface area contributed by atoms with E-state index in [-0.39, 0.29) is 6.61 Å². The number of rotatable bonds is 9. The van der Waals surface area contributed by atoms with Gasteiger partial charge in [-0.3, -0.25) is 0 Å². The van der Waals surface area contributed by atoms with Crippen molar-refractivity contribution < 1.29 is 13.5 Å². The minimum Gasteiger partial charge on any atom is -0.396 e. The molecule has 1 fully saturated rings. The van der Waals surface area contributed by atoms with Gasteiger partial charge in [0.05, 0.1) is 0 Å². The lowest BCUT2D eigenvalue weighted by Gasteiger charge is -2.31. The molecular weight excluding hydrogens is 326 g/mol. The lowest BCUT2D eigenvalue weighted by atomic mass is 9.99. The number of nitrogens with zero attached hydrogens (tertiary/aromatic N) is 2. The second kappa shape index (κ2) is 9.48. The Morgan fingerprint density at radius 2 is 2.08 bits per heavy atom. The van der Waals surface area contributed by atoms with Gasteiger partial charge in [0.1, 0.15) is 0 Å². The summed E-state index contributed by atoms with van der Waals surface area (Å²) in [5.74, 6) is 0.368. The van der Waals surface area contributed by atoms with Crippen LogP contribution in [0.4, 0.5) is 0 Å². The molecule has 1 unspecified atom stereocenters. The van der Waals surface area contributed by atoms with Crippen molar-refractivity contribution >= 4 is 10.2 Å². The van der Waals surface area contributed by atoms with Gasteiger partial charge in [0.15, 0.2) is 0 Å². The zero-order valence-electron chi connectivity index (χ0n) is 14.4. The van der Waals surface area contributed by atoms with E-state index in [0.29, 0.717) is 19.0 Å². The summed E-state index contributed by atoms with van der Waals surface area (Å²) in [5, 5.41) is 9.25. The molecule has 1 aromatic rings. The second-order valence-electron chi connectivity index (χ2n) is 6.49. The van der Waals surface area contributed by atoms with Crippen LogP contribution in [0.25, 0.3) is 0 Å². The lowest BCUT2D eigenvalue weighted by molar-refractivity contribution is 0.120. The molecule has 0 radical (unpaired) electrons. The van der Waals surface area contributed by atoms with Gasteiger partial charge in [0, 0.05) is 33.3 Å². The van der Waals surface area contributed by atoms with Crippen molar-refractivity contribution in [2.24, 2.45) is 5.92 Å². The fraction of sp³-hybridized carbons (Fsp3) is 0.647. The maximum atomic E-state index is 12.3. The Bertz CT molecular complexity index is 580. The summed E-state index contributed by atoms with van der Waals surface area (Å²) >= 11 is 0. The third-order valence-corrected chi connectivity index (χ3v) is 5.97. The highest BCUT2D eigenvalue weighted by Crippen LogP contribution is 2.15. The summed E-state index contributed by atoms with van der Waals surface area (Å²) in [6.07, 6.45) is 2.97. The Morgan fingerprint density at radius 3 is 2.79 bits per heavy atom. The molecule has 2 rings (SSSR count). The second-order valence-corrected chi connectivity index (χ2v) is 8.35. The van der Waals surface area contributed by atoms with Gasteiger partial charge >= 0.3 is 0 Å². The van der Waals surface area contributed by atoms with E-state index in [1.165, 1.54) is 4.31 Å². The molecule has 0 amide bonds. The quantitative estimate of drug-likeness (QED) is 0.650. The van der Waals surface area contributed by atoms with Crippen molar-refractivity contribution in [2.75, 3.05) is 39.8 Å². The number of benzene rings is 1. The van der Waals surface area contributed by atoms with Gasteiger partial charge in [-0.05, 0) is 43.8 Å². The molecule has 6 nitrogen and oxygen atoms in total. The summed E-state index contributed by atoms with van der Waals surface area (Å²) < 4.78 is 28.5. The molecule has 1 atom stereocenters. The van der Waals surface area contributed by atoms with Crippen LogP contribution in [0, 0.1) is 5.92 Å². The van der Waals surface area contributed by atoms with Crippen molar-refractivity contribution in [3.05, 3.63) is 35.9 Å². The zero-order valence-corrected chi connectivity index (χ0v) is 15.2. The van der Waals surface area contributed by atoms with Gasteiger partial charge in [-0.1, -0.05) is 30.3 Å². The molecule has 0 aromatic heterocycles.